The van der Waals surface area contributed by atoms with Crippen molar-refractivity contribution in [2.24, 2.45) is 0 Å². The molecule has 0 aliphatic carbocycles. The van der Waals surface area contributed by atoms with Gasteiger partial charge in [0, 0.05) is 26.2 Å². The van der Waals surface area contributed by atoms with Crippen LogP contribution in [0.25, 0.3) is 11.0 Å². The van der Waals surface area contributed by atoms with E-state index < -0.39 is 27.4 Å². The number of aromatic nitrogens is 4. The Bertz CT molecular complexity index is 1970. The van der Waals surface area contributed by atoms with Crippen LogP contribution in [0.3, 0.4) is 0 Å². The molecule has 228 valence electrons. The zero-order valence-electron chi connectivity index (χ0n) is 24.3. The fourth-order valence-electron chi connectivity index (χ4n) is 4.62. The molecule has 0 fully saturated rings. The Labute approximate surface area is 252 Å². The summed E-state index contributed by atoms with van der Waals surface area (Å²) in [6.07, 6.45) is 1.53. The van der Waals surface area contributed by atoms with Gasteiger partial charge in [-0.1, -0.05) is 19.1 Å². The first-order chi connectivity index (χ1) is 21.0. The van der Waals surface area contributed by atoms with Crippen LogP contribution in [0.5, 0.6) is 5.75 Å². The third-order valence-electron chi connectivity index (χ3n) is 6.84. The van der Waals surface area contributed by atoms with E-state index >= 15 is 0 Å². The lowest BCUT2D eigenvalue weighted by Crippen LogP contribution is -2.30. The molecule has 3 aromatic carbocycles. The molecule has 1 amide bonds. The number of ether oxygens (including phenoxy) is 1. The van der Waals surface area contributed by atoms with Gasteiger partial charge in [0.05, 0.1) is 46.8 Å². The van der Waals surface area contributed by atoms with Crippen molar-refractivity contribution in [1.29, 1.82) is 0 Å². The molecule has 11 nitrogen and oxygen atoms in total. The van der Waals surface area contributed by atoms with Gasteiger partial charge < -0.3 is 15.0 Å². The average Bonchev–Trinajstić information content (AvgIpc) is 3.36. The first-order valence-electron chi connectivity index (χ1n) is 13.5. The topological polar surface area (TPSA) is 123 Å². The van der Waals surface area contributed by atoms with E-state index in [1.807, 2.05) is 0 Å². The maximum atomic E-state index is 14.9. The SMILES string of the molecule is CCS(=O)(=O)c1ccc(OC)c(Nc2nccc(N(C)Cn3c(N(C(C)=O)c4cc(F)ccc4F)nc4ccccc43)n2)c1. The molecule has 2 aromatic heterocycles. The fourth-order valence-corrected chi connectivity index (χ4v) is 5.53. The minimum absolute atomic E-state index is 0.0621. The highest BCUT2D eigenvalue weighted by Crippen LogP contribution is 2.33. The van der Waals surface area contributed by atoms with E-state index in [2.05, 4.69) is 20.3 Å². The highest BCUT2D eigenvalue weighted by atomic mass is 32.2. The van der Waals surface area contributed by atoms with E-state index in [1.54, 1.807) is 59.8 Å². The van der Waals surface area contributed by atoms with E-state index in [0.717, 1.165) is 23.1 Å². The Morgan fingerprint density at radius 1 is 1.05 bits per heavy atom. The van der Waals surface area contributed by atoms with Gasteiger partial charge in [0.25, 0.3) is 0 Å². The highest BCUT2D eigenvalue weighted by Gasteiger charge is 2.26. The summed E-state index contributed by atoms with van der Waals surface area (Å²) in [5.74, 6) is -1.02. The molecule has 0 saturated heterocycles. The van der Waals surface area contributed by atoms with Crippen LogP contribution in [-0.2, 0) is 21.3 Å². The standard InChI is InChI=1S/C30H29F2N7O4S/c1-5-44(41,42)21-11-13-27(43-4)24(17-21)34-29-33-15-14-28(36-29)37(3)18-38-25-9-7-6-8-23(25)35-30(38)39(19(2)40)26-16-20(31)10-12-22(26)32/h6-17H,5,18H2,1-4H3,(H,33,34,36). The molecule has 0 saturated carbocycles. The molecule has 44 heavy (non-hydrogen) atoms. The molecular formula is C30H29F2N7O4S. The molecule has 14 heteroatoms. The molecule has 0 aliphatic rings. The maximum absolute atomic E-state index is 14.9. The van der Waals surface area contributed by atoms with Crippen LogP contribution >= 0.6 is 0 Å². The fraction of sp³-hybridized carbons (Fsp3) is 0.200. The lowest BCUT2D eigenvalue weighted by atomic mass is 10.2. The van der Waals surface area contributed by atoms with Gasteiger partial charge in [-0.05, 0) is 48.5 Å². The van der Waals surface area contributed by atoms with Gasteiger partial charge in [-0.15, -0.1) is 0 Å². The van der Waals surface area contributed by atoms with E-state index in [0.29, 0.717) is 28.3 Å². The quantitative estimate of drug-likeness (QED) is 0.218. The lowest BCUT2D eigenvalue weighted by molar-refractivity contribution is -0.116. The number of halogens is 2. The second-order valence-electron chi connectivity index (χ2n) is 9.75. The van der Waals surface area contributed by atoms with E-state index in [-0.39, 0.29) is 34.9 Å². The number of carbonyl (C=O) groups is 1. The molecule has 5 rings (SSSR count). The average molecular weight is 622 g/mol. The molecular weight excluding hydrogens is 592 g/mol. The number of imidazole rings is 1. The number of amides is 1. The van der Waals surface area contributed by atoms with Crippen LogP contribution in [0.1, 0.15) is 13.8 Å². The summed E-state index contributed by atoms with van der Waals surface area (Å²) in [5, 5.41) is 3.03. The Kier molecular flexibility index (Phi) is 8.45. The number of sulfone groups is 1. The van der Waals surface area contributed by atoms with Gasteiger partial charge in [-0.25, -0.2) is 32.1 Å². The number of hydrogen-bond donors (Lipinski definition) is 1. The molecule has 0 atom stereocenters. The number of fused-ring (bicyclic) bond motifs is 1. The minimum atomic E-state index is -3.47. The van der Waals surface area contributed by atoms with E-state index in [9.17, 15) is 22.0 Å². The number of methoxy groups -OCH3 is 1. The number of anilines is 5. The summed E-state index contributed by atoms with van der Waals surface area (Å²) < 4.78 is 61.1. The molecule has 0 radical (unpaired) electrons. The molecule has 1 N–H and O–H groups in total. The van der Waals surface area contributed by atoms with Gasteiger partial charge in [0.2, 0.25) is 17.8 Å². The summed E-state index contributed by atoms with van der Waals surface area (Å²) >= 11 is 0. The van der Waals surface area contributed by atoms with Crippen molar-refractivity contribution in [2.75, 3.05) is 35.0 Å². The van der Waals surface area contributed by atoms with Crippen LogP contribution in [0.15, 0.2) is 77.8 Å². The van der Waals surface area contributed by atoms with Crippen molar-refractivity contribution >= 4 is 55.9 Å². The number of nitrogens with one attached hydrogen (secondary N) is 1. The molecule has 0 unspecified atom stereocenters. The number of carbonyl (C=O) groups excluding carboxylic acids is 1. The van der Waals surface area contributed by atoms with E-state index in [1.165, 1.54) is 32.4 Å². The number of nitrogens with zero attached hydrogens (tertiary/aromatic N) is 6. The van der Waals surface area contributed by atoms with Crippen LogP contribution in [0, 0.1) is 11.6 Å². The van der Waals surface area contributed by atoms with Crippen LogP contribution < -0.4 is 19.9 Å². The van der Waals surface area contributed by atoms with Gasteiger partial charge >= 0.3 is 0 Å². The third-order valence-corrected chi connectivity index (χ3v) is 8.57. The Hall–Kier alpha value is -5.11. The summed E-state index contributed by atoms with van der Waals surface area (Å²) in [4.78, 5) is 29.2. The zero-order chi connectivity index (χ0) is 31.6. The zero-order valence-corrected chi connectivity index (χ0v) is 25.1. The summed E-state index contributed by atoms with van der Waals surface area (Å²) in [5.41, 5.74) is 1.27. The summed E-state index contributed by atoms with van der Waals surface area (Å²) in [7, 11) is -0.259. The van der Waals surface area contributed by atoms with Crippen molar-refractivity contribution in [3.8, 4) is 5.75 Å². The first-order valence-corrected chi connectivity index (χ1v) is 15.1. The molecule has 2 heterocycles. The second kappa shape index (κ2) is 12.2. The third kappa shape index (κ3) is 6.01. The van der Waals surface area contributed by atoms with Crippen molar-refractivity contribution in [3.63, 3.8) is 0 Å². The second-order valence-corrected chi connectivity index (χ2v) is 12.0. The number of benzene rings is 3. The number of rotatable bonds is 10. The normalized spacial score (nSPS) is 11.4. The van der Waals surface area contributed by atoms with Crippen LogP contribution in [0.4, 0.5) is 37.9 Å². The Morgan fingerprint density at radius 3 is 2.55 bits per heavy atom. The molecule has 0 aliphatic heterocycles. The summed E-state index contributed by atoms with van der Waals surface area (Å²) in [6, 6.07) is 16.2. The molecule has 0 bridgehead atoms. The Balaban J connectivity index is 1.51. The van der Waals surface area contributed by atoms with Crippen molar-refractivity contribution in [2.45, 2.75) is 25.4 Å². The predicted octanol–water partition coefficient (Wildman–Crippen LogP) is 5.43. The molecule has 5 aromatic rings. The van der Waals surface area contributed by atoms with E-state index in [4.69, 9.17) is 4.74 Å². The number of hydrogen-bond acceptors (Lipinski definition) is 9. The first kappa shape index (κ1) is 30.4. The monoisotopic (exact) mass is 621 g/mol. The maximum Gasteiger partial charge on any atom is 0.230 e. The largest absolute Gasteiger partial charge is 0.495 e. The van der Waals surface area contributed by atoms with Crippen molar-refractivity contribution < 1.29 is 26.7 Å². The summed E-state index contributed by atoms with van der Waals surface area (Å²) in [6.45, 7) is 2.91. The van der Waals surface area contributed by atoms with Crippen molar-refractivity contribution in [1.82, 2.24) is 19.5 Å². The van der Waals surface area contributed by atoms with Gasteiger partial charge in [-0.2, -0.15) is 4.98 Å². The molecule has 0 spiro atoms. The van der Waals surface area contributed by atoms with Crippen LogP contribution in [-0.4, -0.2) is 53.8 Å². The highest BCUT2D eigenvalue weighted by molar-refractivity contribution is 7.91. The van der Waals surface area contributed by atoms with Gasteiger partial charge in [-0.3, -0.25) is 9.36 Å². The van der Waals surface area contributed by atoms with Crippen molar-refractivity contribution in [3.05, 3.63) is 84.6 Å². The number of para-hydroxylation sites is 2. The smallest absolute Gasteiger partial charge is 0.230 e. The van der Waals surface area contributed by atoms with Gasteiger partial charge in [0.15, 0.2) is 9.84 Å². The van der Waals surface area contributed by atoms with Gasteiger partial charge in [0.1, 0.15) is 23.2 Å². The van der Waals surface area contributed by atoms with Crippen LogP contribution in [0.2, 0.25) is 0 Å². The lowest BCUT2D eigenvalue weighted by Gasteiger charge is -2.25. The predicted molar refractivity (Wildman–Crippen MR) is 163 cm³/mol. The minimum Gasteiger partial charge on any atom is -0.495 e. The Morgan fingerprint density at radius 2 is 1.82 bits per heavy atom.